The van der Waals surface area contributed by atoms with E-state index < -0.39 is 28.9 Å². The number of amides is 1. The lowest BCUT2D eigenvalue weighted by molar-refractivity contribution is -0.143. The third-order valence-electron chi connectivity index (χ3n) is 3.27. The number of carbonyl (C=O) groups excluding carboxylic acids is 1. The van der Waals surface area contributed by atoms with Gasteiger partial charge in [0.25, 0.3) is 11.5 Å². The quantitative estimate of drug-likeness (QED) is 0.727. The minimum Gasteiger partial charge on any atom is -0.322 e. The smallest absolute Gasteiger partial charge is 0.322 e. The van der Waals surface area contributed by atoms with E-state index in [0.717, 1.165) is 18.3 Å². The van der Waals surface area contributed by atoms with Crippen LogP contribution in [0.4, 0.5) is 18.9 Å². The third-order valence-corrected chi connectivity index (χ3v) is 3.52. The number of anilines is 1. The van der Waals surface area contributed by atoms with Crippen LogP contribution in [0.25, 0.3) is 5.82 Å². The molecule has 2 aromatic heterocycles. The van der Waals surface area contributed by atoms with E-state index in [1.807, 2.05) is 5.10 Å². The summed E-state index contributed by atoms with van der Waals surface area (Å²) in [5.41, 5.74) is -2.33. The summed E-state index contributed by atoms with van der Waals surface area (Å²) < 4.78 is 40.9. The van der Waals surface area contributed by atoms with Crippen LogP contribution in [0.5, 0.6) is 0 Å². The molecule has 0 saturated carbocycles. The number of aromatic amines is 1. The highest BCUT2D eigenvalue weighted by atomic mass is 35.5. The molecule has 3 aromatic rings. The summed E-state index contributed by atoms with van der Waals surface area (Å²) in [5.74, 6) is -1.29. The Balaban J connectivity index is 2.01. The average molecular weight is 384 g/mol. The first-order valence-electron chi connectivity index (χ1n) is 7.04. The molecule has 2 N–H and O–H groups in total. The monoisotopic (exact) mass is 383 g/mol. The predicted octanol–water partition coefficient (Wildman–Crippen LogP) is 2.88. The molecular formula is C15H9ClF3N5O2. The molecule has 0 spiro atoms. The van der Waals surface area contributed by atoms with Crippen LogP contribution in [0.2, 0.25) is 5.02 Å². The number of nitrogens with one attached hydrogen (secondary N) is 2. The molecule has 1 amide bonds. The van der Waals surface area contributed by atoms with Crippen molar-refractivity contribution >= 4 is 23.2 Å². The van der Waals surface area contributed by atoms with Crippen molar-refractivity contribution in [1.82, 2.24) is 20.0 Å². The standard InChI is InChI=1S/C15H9ClF3N5O2/c16-8-1-3-9(4-2-8)21-14(26)10-7-20-24(13(10)15(17,18)19)11-5-6-12(25)23-22-11/h1-7H,(H,21,26)(H,23,25). The third kappa shape index (κ3) is 3.59. The summed E-state index contributed by atoms with van der Waals surface area (Å²) in [4.78, 5) is 23.3. The van der Waals surface area contributed by atoms with Gasteiger partial charge in [0, 0.05) is 16.8 Å². The van der Waals surface area contributed by atoms with E-state index in [4.69, 9.17) is 11.6 Å². The summed E-state index contributed by atoms with van der Waals surface area (Å²) >= 11 is 5.73. The minimum atomic E-state index is -4.89. The van der Waals surface area contributed by atoms with Crippen molar-refractivity contribution in [1.29, 1.82) is 0 Å². The number of nitrogens with zero attached hydrogens (tertiary/aromatic N) is 3. The van der Waals surface area contributed by atoms with Gasteiger partial charge in [-0.2, -0.15) is 23.4 Å². The number of rotatable bonds is 3. The molecule has 0 fully saturated rings. The fourth-order valence-electron chi connectivity index (χ4n) is 2.15. The van der Waals surface area contributed by atoms with Gasteiger partial charge >= 0.3 is 6.18 Å². The fourth-order valence-corrected chi connectivity index (χ4v) is 2.27. The van der Waals surface area contributed by atoms with Crippen molar-refractivity contribution in [3.8, 4) is 5.82 Å². The van der Waals surface area contributed by atoms with Gasteiger partial charge in [-0.05, 0) is 30.3 Å². The topological polar surface area (TPSA) is 92.7 Å². The molecule has 26 heavy (non-hydrogen) atoms. The molecule has 2 heterocycles. The first-order chi connectivity index (χ1) is 12.3. The van der Waals surface area contributed by atoms with Crippen LogP contribution in [0.1, 0.15) is 16.1 Å². The Morgan fingerprint density at radius 3 is 2.42 bits per heavy atom. The van der Waals surface area contributed by atoms with E-state index >= 15 is 0 Å². The SMILES string of the molecule is O=C(Nc1ccc(Cl)cc1)c1cnn(-c2ccc(=O)[nH]n2)c1C(F)(F)F. The number of carbonyl (C=O) groups is 1. The summed E-state index contributed by atoms with van der Waals surface area (Å²) in [6.45, 7) is 0. The Labute approximate surface area is 148 Å². The molecule has 3 rings (SSSR count). The second kappa shape index (κ2) is 6.64. The number of H-pyrrole nitrogens is 1. The zero-order valence-electron chi connectivity index (χ0n) is 12.7. The minimum absolute atomic E-state index is 0.266. The van der Waals surface area contributed by atoms with Crippen LogP contribution in [-0.4, -0.2) is 25.9 Å². The fraction of sp³-hybridized carbons (Fsp3) is 0.0667. The highest BCUT2D eigenvalue weighted by molar-refractivity contribution is 6.30. The number of hydrogen-bond acceptors (Lipinski definition) is 4. The van der Waals surface area contributed by atoms with Gasteiger partial charge in [0.2, 0.25) is 0 Å². The van der Waals surface area contributed by atoms with Crippen LogP contribution < -0.4 is 10.9 Å². The van der Waals surface area contributed by atoms with Crippen molar-refractivity contribution in [3.63, 3.8) is 0 Å². The van der Waals surface area contributed by atoms with Gasteiger partial charge in [0.05, 0.1) is 11.8 Å². The van der Waals surface area contributed by atoms with E-state index in [1.54, 1.807) is 0 Å². The van der Waals surface area contributed by atoms with Crippen LogP contribution in [0, 0.1) is 0 Å². The Kier molecular flexibility index (Phi) is 4.51. The zero-order valence-corrected chi connectivity index (χ0v) is 13.5. The molecule has 134 valence electrons. The van der Waals surface area contributed by atoms with Crippen molar-refractivity contribution in [3.05, 3.63) is 69.2 Å². The van der Waals surface area contributed by atoms with Crippen LogP contribution >= 0.6 is 11.6 Å². The Morgan fingerprint density at radius 1 is 1.15 bits per heavy atom. The second-order valence-corrected chi connectivity index (χ2v) is 5.49. The predicted molar refractivity (Wildman–Crippen MR) is 86.4 cm³/mol. The van der Waals surface area contributed by atoms with Gasteiger partial charge in [0.1, 0.15) is 0 Å². The number of aromatic nitrogens is 4. The number of hydrogen-bond donors (Lipinski definition) is 2. The van der Waals surface area contributed by atoms with Crippen molar-refractivity contribution < 1.29 is 18.0 Å². The lowest BCUT2D eigenvalue weighted by Crippen LogP contribution is -2.21. The highest BCUT2D eigenvalue weighted by Gasteiger charge is 2.41. The lowest BCUT2D eigenvalue weighted by atomic mass is 10.2. The van der Waals surface area contributed by atoms with Crippen LogP contribution in [0.15, 0.2) is 47.4 Å². The van der Waals surface area contributed by atoms with Crippen LogP contribution in [0.3, 0.4) is 0 Å². The Hall–Kier alpha value is -3.14. The summed E-state index contributed by atoms with van der Waals surface area (Å²) in [7, 11) is 0. The molecule has 0 aliphatic carbocycles. The van der Waals surface area contributed by atoms with Gasteiger partial charge in [-0.1, -0.05) is 11.6 Å². The van der Waals surface area contributed by atoms with Gasteiger partial charge in [-0.25, -0.2) is 9.78 Å². The maximum absolute atomic E-state index is 13.5. The maximum Gasteiger partial charge on any atom is 0.434 e. The van der Waals surface area contributed by atoms with E-state index in [2.05, 4.69) is 15.5 Å². The van der Waals surface area contributed by atoms with E-state index in [-0.39, 0.29) is 11.5 Å². The first-order valence-corrected chi connectivity index (χ1v) is 7.42. The van der Waals surface area contributed by atoms with Gasteiger partial charge < -0.3 is 5.32 Å². The van der Waals surface area contributed by atoms with Gasteiger partial charge in [-0.3, -0.25) is 9.59 Å². The van der Waals surface area contributed by atoms with Crippen molar-refractivity contribution in [2.75, 3.05) is 5.32 Å². The Bertz CT molecular complexity index is 991. The molecule has 0 bridgehead atoms. The summed E-state index contributed by atoms with van der Waals surface area (Å²) in [6, 6.07) is 7.91. The normalized spacial score (nSPS) is 11.4. The zero-order chi connectivity index (χ0) is 18.9. The second-order valence-electron chi connectivity index (χ2n) is 5.06. The lowest BCUT2D eigenvalue weighted by Gasteiger charge is -2.12. The molecule has 11 heteroatoms. The van der Waals surface area contributed by atoms with Crippen LogP contribution in [-0.2, 0) is 6.18 Å². The molecule has 7 nitrogen and oxygen atoms in total. The summed E-state index contributed by atoms with van der Waals surface area (Å²) in [6.07, 6.45) is -4.11. The number of alkyl halides is 3. The highest BCUT2D eigenvalue weighted by Crippen LogP contribution is 2.33. The molecule has 0 unspecified atom stereocenters. The molecular weight excluding hydrogens is 375 g/mol. The number of benzene rings is 1. The number of halogens is 4. The van der Waals surface area contributed by atoms with E-state index in [1.165, 1.54) is 24.3 Å². The van der Waals surface area contributed by atoms with Gasteiger partial charge in [-0.15, -0.1) is 0 Å². The summed E-state index contributed by atoms with van der Waals surface area (Å²) in [5, 5.41) is 11.9. The molecule has 0 radical (unpaired) electrons. The van der Waals surface area contributed by atoms with E-state index in [9.17, 15) is 22.8 Å². The molecule has 0 saturated heterocycles. The molecule has 1 aromatic carbocycles. The Morgan fingerprint density at radius 2 is 1.85 bits per heavy atom. The first kappa shape index (κ1) is 17.7. The maximum atomic E-state index is 13.5. The van der Waals surface area contributed by atoms with Crippen molar-refractivity contribution in [2.24, 2.45) is 0 Å². The molecule has 0 aliphatic rings. The van der Waals surface area contributed by atoms with E-state index in [0.29, 0.717) is 9.70 Å². The largest absolute Gasteiger partial charge is 0.434 e. The average Bonchev–Trinajstić information content (AvgIpc) is 3.03. The molecule has 0 atom stereocenters. The molecule has 0 aliphatic heterocycles. The van der Waals surface area contributed by atoms with Gasteiger partial charge in [0.15, 0.2) is 11.5 Å². The van der Waals surface area contributed by atoms with Crippen molar-refractivity contribution in [2.45, 2.75) is 6.18 Å².